The van der Waals surface area contributed by atoms with Crippen molar-refractivity contribution in [2.45, 2.75) is 25.8 Å². The van der Waals surface area contributed by atoms with Gasteiger partial charge in [0.1, 0.15) is 0 Å². The number of rotatable bonds is 4. The molecule has 72 valence electrons. The Morgan fingerprint density at radius 1 is 1.67 bits per heavy atom. The monoisotopic (exact) mass is 188 g/mol. The van der Waals surface area contributed by atoms with Crippen LogP contribution in [0.4, 0.5) is 0 Å². The van der Waals surface area contributed by atoms with Crippen LogP contribution >= 0.6 is 11.8 Å². The standard InChI is InChI=1S/C9H20N2S/c1-8(10)6-12-7-9-3-2-4-11-5-9/h8-9,11H,2-7,10H2,1H3. The quantitative estimate of drug-likeness (QED) is 0.693. The van der Waals surface area contributed by atoms with E-state index in [2.05, 4.69) is 12.2 Å². The molecule has 0 bridgehead atoms. The average Bonchev–Trinajstić information content (AvgIpc) is 2.05. The molecule has 0 aromatic carbocycles. The van der Waals surface area contributed by atoms with Crippen molar-refractivity contribution in [2.24, 2.45) is 11.7 Å². The summed E-state index contributed by atoms with van der Waals surface area (Å²) in [5.74, 6) is 3.29. The molecule has 1 aliphatic heterocycles. The Bertz CT molecular complexity index is 111. The minimum Gasteiger partial charge on any atom is -0.327 e. The largest absolute Gasteiger partial charge is 0.327 e. The second kappa shape index (κ2) is 5.84. The first-order chi connectivity index (χ1) is 5.79. The summed E-state index contributed by atoms with van der Waals surface area (Å²) in [6, 6.07) is 0.353. The number of nitrogens with two attached hydrogens (primary N) is 1. The maximum absolute atomic E-state index is 5.67. The van der Waals surface area contributed by atoms with Crippen LogP contribution in [0.1, 0.15) is 19.8 Å². The average molecular weight is 188 g/mol. The molecule has 1 saturated heterocycles. The van der Waals surface area contributed by atoms with Gasteiger partial charge in [0.05, 0.1) is 0 Å². The van der Waals surface area contributed by atoms with Crippen LogP contribution in [0.15, 0.2) is 0 Å². The highest BCUT2D eigenvalue weighted by Gasteiger charge is 2.12. The minimum absolute atomic E-state index is 0.353. The van der Waals surface area contributed by atoms with E-state index in [0.717, 1.165) is 11.7 Å². The lowest BCUT2D eigenvalue weighted by Gasteiger charge is -2.22. The molecule has 0 aliphatic carbocycles. The summed E-state index contributed by atoms with van der Waals surface area (Å²) >= 11 is 2.00. The fourth-order valence-electron chi connectivity index (χ4n) is 1.49. The van der Waals surface area contributed by atoms with E-state index in [9.17, 15) is 0 Å². The molecule has 2 atom stereocenters. The van der Waals surface area contributed by atoms with Crippen molar-refractivity contribution in [1.82, 2.24) is 5.32 Å². The Morgan fingerprint density at radius 3 is 3.08 bits per heavy atom. The third-order valence-electron chi connectivity index (χ3n) is 2.13. The smallest absolute Gasteiger partial charge is 0.0101 e. The predicted molar refractivity (Wildman–Crippen MR) is 56.6 cm³/mol. The Balaban J connectivity index is 1.98. The Hall–Kier alpha value is 0.270. The van der Waals surface area contributed by atoms with Gasteiger partial charge in [-0.15, -0.1) is 0 Å². The third-order valence-corrected chi connectivity index (χ3v) is 3.60. The fourth-order valence-corrected chi connectivity index (χ4v) is 2.61. The molecule has 1 aliphatic rings. The van der Waals surface area contributed by atoms with Gasteiger partial charge in [-0.3, -0.25) is 0 Å². The van der Waals surface area contributed by atoms with Gasteiger partial charge in [0, 0.05) is 11.8 Å². The summed E-state index contributed by atoms with van der Waals surface area (Å²) in [7, 11) is 0. The van der Waals surface area contributed by atoms with Crippen LogP contribution in [0, 0.1) is 5.92 Å². The topological polar surface area (TPSA) is 38.0 Å². The van der Waals surface area contributed by atoms with Crippen LogP contribution in [0.2, 0.25) is 0 Å². The van der Waals surface area contributed by atoms with Gasteiger partial charge in [0.2, 0.25) is 0 Å². The van der Waals surface area contributed by atoms with Crippen molar-refractivity contribution in [1.29, 1.82) is 0 Å². The molecule has 3 heteroatoms. The zero-order valence-corrected chi connectivity index (χ0v) is 8.70. The van der Waals surface area contributed by atoms with Crippen LogP contribution in [0.5, 0.6) is 0 Å². The van der Waals surface area contributed by atoms with E-state index in [1.807, 2.05) is 11.8 Å². The molecule has 0 spiro atoms. The molecule has 12 heavy (non-hydrogen) atoms. The Kier molecular flexibility index (Phi) is 5.04. The van der Waals surface area contributed by atoms with Crippen LogP contribution in [-0.4, -0.2) is 30.6 Å². The zero-order valence-electron chi connectivity index (χ0n) is 7.88. The summed E-state index contributed by atoms with van der Waals surface area (Å²) in [5.41, 5.74) is 5.67. The van der Waals surface area contributed by atoms with E-state index < -0.39 is 0 Å². The van der Waals surface area contributed by atoms with Crippen molar-refractivity contribution in [2.75, 3.05) is 24.6 Å². The number of thioether (sulfide) groups is 1. The lowest BCUT2D eigenvalue weighted by molar-refractivity contribution is 0.410. The van der Waals surface area contributed by atoms with E-state index in [1.54, 1.807) is 0 Å². The molecule has 0 aromatic rings. The van der Waals surface area contributed by atoms with Crippen LogP contribution in [-0.2, 0) is 0 Å². The maximum Gasteiger partial charge on any atom is 0.0101 e. The lowest BCUT2D eigenvalue weighted by Crippen LogP contribution is -2.31. The summed E-state index contributed by atoms with van der Waals surface area (Å²) in [4.78, 5) is 0. The SMILES string of the molecule is CC(N)CSCC1CCCNC1. The first kappa shape index (κ1) is 10.4. The van der Waals surface area contributed by atoms with Gasteiger partial charge < -0.3 is 11.1 Å². The maximum atomic E-state index is 5.67. The summed E-state index contributed by atoms with van der Waals surface area (Å²) < 4.78 is 0. The number of hydrogen-bond donors (Lipinski definition) is 2. The molecular weight excluding hydrogens is 168 g/mol. The highest BCUT2D eigenvalue weighted by Crippen LogP contribution is 2.16. The normalized spacial score (nSPS) is 27.0. The van der Waals surface area contributed by atoms with Crippen LogP contribution < -0.4 is 11.1 Å². The third kappa shape index (κ3) is 4.33. The molecule has 0 amide bonds. The van der Waals surface area contributed by atoms with E-state index >= 15 is 0 Å². The van der Waals surface area contributed by atoms with E-state index in [1.165, 1.54) is 31.7 Å². The Morgan fingerprint density at radius 2 is 2.50 bits per heavy atom. The van der Waals surface area contributed by atoms with E-state index in [4.69, 9.17) is 5.73 Å². The van der Waals surface area contributed by atoms with Gasteiger partial charge in [-0.05, 0) is 44.5 Å². The van der Waals surface area contributed by atoms with Crippen molar-refractivity contribution in [3.05, 3.63) is 0 Å². The lowest BCUT2D eigenvalue weighted by atomic mass is 10.0. The second-order valence-corrected chi connectivity index (χ2v) is 4.80. The van der Waals surface area contributed by atoms with Crippen LogP contribution in [0.3, 0.4) is 0 Å². The van der Waals surface area contributed by atoms with Crippen molar-refractivity contribution in [3.63, 3.8) is 0 Å². The molecule has 0 radical (unpaired) electrons. The van der Waals surface area contributed by atoms with Gasteiger partial charge in [0.15, 0.2) is 0 Å². The highest BCUT2D eigenvalue weighted by molar-refractivity contribution is 7.99. The van der Waals surface area contributed by atoms with Gasteiger partial charge in [0.25, 0.3) is 0 Å². The second-order valence-electron chi connectivity index (χ2n) is 3.73. The number of piperidine rings is 1. The van der Waals surface area contributed by atoms with Gasteiger partial charge in [-0.1, -0.05) is 0 Å². The van der Waals surface area contributed by atoms with Gasteiger partial charge in [-0.25, -0.2) is 0 Å². The molecule has 0 saturated carbocycles. The Labute approximate surface area is 79.7 Å². The first-order valence-electron chi connectivity index (χ1n) is 4.83. The molecular formula is C9H20N2S. The molecule has 1 heterocycles. The van der Waals surface area contributed by atoms with Crippen molar-refractivity contribution in [3.8, 4) is 0 Å². The molecule has 1 rings (SSSR count). The van der Waals surface area contributed by atoms with Gasteiger partial charge in [-0.2, -0.15) is 11.8 Å². The van der Waals surface area contributed by atoms with E-state index in [-0.39, 0.29) is 0 Å². The van der Waals surface area contributed by atoms with Crippen LogP contribution in [0.25, 0.3) is 0 Å². The molecule has 2 unspecified atom stereocenters. The molecule has 2 nitrogen and oxygen atoms in total. The zero-order chi connectivity index (χ0) is 8.81. The number of nitrogens with one attached hydrogen (secondary N) is 1. The molecule has 1 fully saturated rings. The summed E-state index contributed by atoms with van der Waals surface area (Å²) in [6.45, 7) is 4.51. The number of hydrogen-bond acceptors (Lipinski definition) is 3. The highest BCUT2D eigenvalue weighted by atomic mass is 32.2. The first-order valence-corrected chi connectivity index (χ1v) is 5.98. The van der Waals surface area contributed by atoms with Gasteiger partial charge >= 0.3 is 0 Å². The van der Waals surface area contributed by atoms with E-state index in [0.29, 0.717) is 6.04 Å². The molecule has 3 N–H and O–H groups in total. The summed E-state index contributed by atoms with van der Waals surface area (Å²) in [6.07, 6.45) is 2.75. The molecule has 0 aromatic heterocycles. The minimum atomic E-state index is 0.353. The fraction of sp³-hybridized carbons (Fsp3) is 1.00. The summed E-state index contributed by atoms with van der Waals surface area (Å²) in [5, 5.41) is 3.43. The predicted octanol–water partition coefficient (Wildman–Crippen LogP) is 1.07. The van der Waals surface area contributed by atoms with Crippen molar-refractivity contribution < 1.29 is 0 Å². The van der Waals surface area contributed by atoms with Crippen molar-refractivity contribution >= 4 is 11.8 Å².